The maximum absolute atomic E-state index is 12.1. The van der Waals surface area contributed by atoms with Crippen molar-refractivity contribution in [1.82, 2.24) is 9.80 Å². The molecule has 0 saturated heterocycles. The van der Waals surface area contributed by atoms with Gasteiger partial charge in [0.1, 0.15) is 0 Å². The van der Waals surface area contributed by atoms with Gasteiger partial charge >= 0.3 is 0 Å². The van der Waals surface area contributed by atoms with Gasteiger partial charge in [0.25, 0.3) is 11.8 Å². The van der Waals surface area contributed by atoms with Crippen molar-refractivity contribution < 1.29 is 14.4 Å². The van der Waals surface area contributed by atoms with Crippen LogP contribution in [0.3, 0.4) is 0 Å². The van der Waals surface area contributed by atoms with Crippen LogP contribution in [0.15, 0.2) is 24.3 Å². The van der Waals surface area contributed by atoms with Gasteiger partial charge in [0.15, 0.2) is 0 Å². The van der Waals surface area contributed by atoms with Crippen molar-refractivity contribution >= 4 is 17.7 Å². The average Bonchev–Trinajstić information content (AvgIpc) is 2.71. The van der Waals surface area contributed by atoms with Crippen LogP contribution in [0, 0.1) is 0 Å². The summed E-state index contributed by atoms with van der Waals surface area (Å²) in [6.07, 6.45) is 0.840. The second kappa shape index (κ2) is 5.86. The minimum Gasteiger partial charge on any atom is -0.346 e. The Kier molecular flexibility index (Phi) is 4.17. The molecule has 0 aliphatic carbocycles. The lowest BCUT2D eigenvalue weighted by Gasteiger charge is -2.16. The van der Waals surface area contributed by atoms with Gasteiger partial charge in [0, 0.05) is 26.6 Å². The van der Waals surface area contributed by atoms with E-state index in [1.807, 2.05) is 6.92 Å². The third-order valence-electron chi connectivity index (χ3n) is 3.55. The van der Waals surface area contributed by atoms with Crippen LogP contribution in [-0.2, 0) is 4.79 Å². The van der Waals surface area contributed by atoms with Gasteiger partial charge in [-0.2, -0.15) is 0 Å². The molecule has 0 N–H and O–H groups in total. The fraction of sp³-hybridized carbons (Fsp3) is 0.400. The molecular weight excluding hydrogens is 256 g/mol. The molecule has 0 fully saturated rings. The number of nitrogens with zero attached hydrogens (tertiary/aromatic N) is 2. The van der Waals surface area contributed by atoms with E-state index >= 15 is 0 Å². The van der Waals surface area contributed by atoms with E-state index in [1.165, 1.54) is 4.90 Å². The molecule has 0 spiro atoms. The Balaban J connectivity index is 1.95. The monoisotopic (exact) mass is 274 g/mol. The number of hydrogen-bond donors (Lipinski definition) is 0. The molecule has 0 unspecified atom stereocenters. The standard InChI is InChI=1S/C15H18N2O3/c1-3-16(2)13(18)9-6-10-17-14(19)11-7-4-5-8-12(11)15(17)20/h4-5,7-8H,3,6,9-10H2,1-2H3. The predicted octanol–water partition coefficient (Wildman–Crippen LogP) is 1.54. The van der Waals surface area contributed by atoms with Gasteiger partial charge < -0.3 is 4.90 Å². The maximum Gasteiger partial charge on any atom is 0.261 e. The highest BCUT2D eigenvalue weighted by atomic mass is 16.2. The van der Waals surface area contributed by atoms with E-state index in [1.54, 1.807) is 36.2 Å². The van der Waals surface area contributed by atoms with Crippen molar-refractivity contribution in [2.75, 3.05) is 20.1 Å². The first-order valence-corrected chi connectivity index (χ1v) is 6.75. The van der Waals surface area contributed by atoms with E-state index in [0.717, 1.165) is 0 Å². The molecular formula is C15H18N2O3. The Labute approximate surface area is 118 Å². The average molecular weight is 274 g/mol. The summed E-state index contributed by atoms with van der Waals surface area (Å²) in [4.78, 5) is 38.7. The molecule has 20 heavy (non-hydrogen) atoms. The molecule has 3 amide bonds. The van der Waals surface area contributed by atoms with Crippen molar-refractivity contribution in [1.29, 1.82) is 0 Å². The van der Waals surface area contributed by atoms with E-state index in [2.05, 4.69) is 0 Å². The first-order chi connectivity index (χ1) is 9.56. The van der Waals surface area contributed by atoms with Crippen LogP contribution in [0.5, 0.6) is 0 Å². The van der Waals surface area contributed by atoms with Crippen LogP contribution >= 0.6 is 0 Å². The quantitative estimate of drug-likeness (QED) is 0.765. The Hall–Kier alpha value is -2.17. The smallest absolute Gasteiger partial charge is 0.261 e. The normalized spacial score (nSPS) is 13.6. The van der Waals surface area contributed by atoms with Crippen molar-refractivity contribution in [2.24, 2.45) is 0 Å². The molecule has 1 aromatic rings. The van der Waals surface area contributed by atoms with E-state index < -0.39 is 0 Å². The third kappa shape index (κ3) is 2.57. The Bertz CT molecular complexity index is 519. The summed E-state index contributed by atoms with van der Waals surface area (Å²) in [5.41, 5.74) is 0.906. The highest BCUT2D eigenvalue weighted by Crippen LogP contribution is 2.22. The molecule has 0 radical (unpaired) electrons. The minimum atomic E-state index is -0.262. The zero-order valence-electron chi connectivity index (χ0n) is 11.8. The Morgan fingerprint density at radius 3 is 2.20 bits per heavy atom. The SMILES string of the molecule is CCN(C)C(=O)CCCN1C(=O)c2ccccc2C1=O. The summed E-state index contributed by atoms with van der Waals surface area (Å²) in [6, 6.07) is 6.80. The fourth-order valence-electron chi connectivity index (χ4n) is 2.20. The topological polar surface area (TPSA) is 57.7 Å². The Morgan fingerprint density at radius 1 is 1.15 bits per heavy atom. The summed E-state index contributed by atoms with van der Waals surface area (Å²) >= 11 is 0. The van der Waals surface area contributed by atoms with Crippen molar-refractivity contribution in [3.8, 4) is 0 Å². The lowest BCUT2D eigenvalue weighted by atomic mass is 10.1. The summed E-state index contributed by atoms with van der Waals surface area (Å²) < 4.78 is 0. The van der Waals surface area contributed by atoms with E-state index in [4.69, 9.17) is 0 Å². The van der Waals surface area contributed by atoms with Gasteiger partial charge in [-0.25, -0.2) is 0 Å². The van der Waals surface area contributed by atoms with Gasteiger partial charge in [-0.05, 0) is 25.5 Å². The maximum atomic E-state index is 12.1. The number of carbonyl (C=O) groups is 3. The van der Waals surface area contributed by atoms with E-state index in [9.17, 15) is 14.4 Å². The van der Waals surface area contributed by atoms with Crippen LogP contribution in [0.2, 0.25) is 0 Å². The number of benzene rings is 1. The third-order valence-corrected chi connectivity index (χ3v) is 3.55. The van der Waals surface area contributed by atoms with Gasteiger partial charge in [-0.1, -0.05) is 12.1 Å². The van der Waals surface area contributed by atoms with Crippen LogP contribution in [0.25, 0.3) is 0 Å². The number of hydrogen-bond acceptors (Lipinski definition) is 3. The van der Waals surface area contributed by atoms with Crippen molar-refractivity contribution in [2.45, 2.75) is 19.8 Å². The number of fused-ring (bicyclic) bond motifs is 1. The number of amides is 3. The highest BCUT2D eigenvalue weighted by molar-refractivity contribution is 6.21. The number of rotatable bonds is 5. The molecule has 0 bridgehead atoms. The molecule has 0 aromatic heterocycles. The lowest BCUT2D eigenvalue weighted by Crippen LogP contribution is -2.32. The largest absolute Gasteiger partial charge is 0.346 e. The zero-order chi connectivity index (χ0) is 14.7. The highest BCUT2D eigenvalue weighted by Gasteiger charge is 2.34. The van der Waals surface area contributed by atoms with E-state index in [-0.39, 0.29) is 24.3 Å². The zero-order valence-corrected chi connectivity index (χ0v) is 11.8. The van der Waals surface area contributed by atoms with Crippen LogP contribution in [-0.4, -0.2) is 47.7 Å². The molecule has 0 atom stereocenters. The molecule has 2 rings (SSSR count). The van der Waals surface area contributed by atoms with Gasteiger partial charge in [0.2, 0.25) is 5.91 Å². The molecule has 106 valence electrons. The van der Waals surface area contributed by atoms with E-state index in [0.29, 0.717) is 30.5 Å². The summed E-state index contributed by atoms with van der Waals surface area (Å²) in [7, 11) is 1.74. The fourth-order valence-corrected chi connectivity index (χ4v) is 2.20. The van der Waals surface area contributed by atoms with Gasteiger partial charge in [-0.15, -0.1) is 0 Å². The van der Waals surface area contributed by atoms with Gasteiger partial charge in [0.05, 0.1) is 11.1 Å². The molecule has 1 aromatic carbocycles. The Morgan fingerprint density at radius 2 is 1.70 bits per heavy atom. The lowest BCUT2D eigenvalue weighted by molar-refractivity contribution is -0.129. The first kappa shape index (κ1) is 14.2. The number of imide groups is 1. The predicted molar refractivity (Wildman–Crippen MR) is 74.4 cm³/mol. The summed E-state index contributed by atoms with van der Waals surface area (Å²) in [5, 5.41) is 0. The van der Waals surface area contributed by atoms with Crippen LogP contribution in [0.4, 0.5) is 0 Å². The number of carbonyl (C=O) groups excluding carboxylic acids is 3. The molecule has 5 nitrogen and oxygen atoms in total. The van der Waals surface area contributed by atoms with Crippen molar-refractivity contribution in [3.05, 3.63) is 35.4 Å². The minimum absolute atomic E-state index is 0.0316. The molecule has 0 saturated carbocycles. The molecule has 1 aliphatic rings. The van der Waals surface area contributed by atoms with Crippen LogP contribution in [0.1, 0.15) is 40.5 Å². The summed E-state index contributed by atoms with van der Waals surface area (Å²) in [5.74, 6) is -0.493. The summed E-state index contributed by atoms with van der Waals surface area (Å²) in [6.45, 7) is 2.85. The molecule has 1 aliphatic heterocycles. The second-order valence-corrected chi connectivity index (χ2v) is 4.82. The first-order valence-electron chi connectivity index (χ1n) is 6.75. The van der Waals surface area contributed by atoms with Crippen LogP contribution < -0.4 is 0 Å². The van der Waals surface area contributed by atoms with Crippen molar-refractivity contribution in [3.63, 3.8) is 0 Å². The second-order valence-electron chi connectivity index (χ2n) is 4.82. The molecule has 1 heterocycles. The molecule has 5 heteroatoms. The van der Waals surface area contributed by atoms with Gasteiger partial charge in [-0.3, -0.25) is 19.3 Å².